The zero-order valence-corrected chi connectivity index (χ0v) is 48.0. The van der Waals surface area contributed by atoms with Crippen LogP contribution in [0.1, 0.15) is 68.2 Å². The summed E-state index contributed by atoms with van der Waals surface area (Å²) in [6.45, 7) is -6.85. The van der Waals surface area contributed by atoms with Gasteiger partial charge in [-0.25, -0.2) is 25.6 Å². The highest BCUT2D eigenvalue weighted by Gasteiger charge is 2.50. The standard InChI is InChI=1S/C59H52F12N4O12S2/c1-57(85-16-12-54(78)79)13-14-72-40(29-57)31-74(51-21-32(5-9-48(51)72)34-17-37(60)24-42(19-34)86-55(62)63)89(82,83)45-7-8-46(47(28-45)59(69,70)71)50-27-41(84-15-11-53(76)77)26-39-30-73(88(80,81)44-4-2-3-36(23-44)58(66,67)68)52-22-33(6-10-49(52)75(39)50)35-18-38(61)25-43(20-35)87-56(64)65/h2-10,17-25,28,39-41,50,55-56H,11-16,26-27,29-31H2,1H3,(H,76,77)(H,78,79)/t39-,40-,41-,50?,57+/m0/s1. The number of halogens is 12. The van der Waals surface area contributed by atoms with E-state index in [1.54, 1.807) is 6.92 Å². The van der Waals surface area contributed by atoms with Gasteiger partial charge in [0.25, 0.3) is 20.0 Å². The highest BCUT2D eigenvalue weighted by atomic mass is 32.2. The third kappa shape index (κ3) is 13.6. The Hall–Kier alpha value is -7.96. The summed E-state index contributed by atoms with van der Waals surface area (Å²) in [6, 6.07) is 14.1. The van der Waals surface area contributed by atoms with E-state index >= 15 is 26.0 Å². The molecule has 4 aliphatic rings. The van der Waals surface area contributed by atoms with E-state index in [-0.39, 0.29) is 71.7 Å². The average molecular weight is 1300 g/mol. The third-order valence-corrected chi connectivity index (χ3v) is 19.4. The predicted molar refractivity (Wildman–Crippen MR) is 296 cm³/mol. The van der Waals surface area contributed by atoms with Crippen LogP contribution in [0.2, 0.25) is 0 Å². The average Bonchev–Trinajstić information content (AvgIpc) is 0.746. The molecule has 5 atom stereocenters. The summed E-state index contributed by atoms with van der Waals surface area (Å²) in [4.78, 5) is 24.5. The summed E-state index contributed by atoms with van der Waals surface area (Å²) in [5.41, 5.74) is -5.36. The zero-order chi connectivity index (χ0) is 64.3. The lowest BCUT2D eigenvalue weighted by molar-refractivity contribution is -0.141. The molecule has 476 valence electrons. The van der Waals surface area contributed by atoms with E-state index < -0.39 is 175 Å². The van der Waals surface area contributed by atoms with E-state index in [4.69, 9.17) is 9.47 Å². The molecule has 0 amide bonds. The number of hydrogen-bond donors (Lipinski definition) is 2. The van der Waals surface area contributed by atoms with Gasteiger partial charge < -0.3 is 39.0 Å². The SMILES string of the molecule is C[C@@]1(OCCC(=O)O)CCN2c3ccc(-c4cc(F)cc(OC(F)F)c4)cc3N(S(=O)(=O)c3ccc(C4C[C@@H](OCCC(=O)O)C[C@H]5CN(S(=O)(=O)c6cccc(C(F)(F)F)c6)c6cc(-c7cc(F)cc(OC(F)F)c7)ccc6N45)c(C(F)(F)F)c3)C[C@@H]2C1. The summed E-state index contributed by atoms with van der Waals surface area (Å²) in [5.74, 6) is -5.86. The largest absolute Gasteiger partial charge is 0.481 e. The molecule has 10 rings (SSSR count). The van der Waals surface area contributed by atoms with Gasteiger partial charge in [0.15, 0.2) is 0 Å². The minimum Gasteiger partial charge on any atom is -0.481 e. The molecule has 89 heavy (non-hydrogen) atoms. The van der Waals surface area contributed by atoms with Crippen molar-refractivity contribution in [2.75, 3.05) is 51.3 Å². The molecule has 2 N–H and O–H groups in total. The van der Waals surface area contributed by atoms with E-state index in [9.17, 15) is 63.3 Å². The number of fused-ring (bicyclic) bond motifs is 6. The molecule has 0 radical (unpaired) electrons. The van der Waals surface area contributed by atoms with E-state index in [0.717, 1.165) is 58.9 Å². The number of carboxylic acid groups (broad SMARTS) is 2. The molecule has 0 spiro atoms. The van der Waals surface area contributed by atoms with Crippen molar-refractivity contribution >= 4 is 54.7 Å². The van der Waals surface area contributed by atoms with Crippen molar-refractivity contribution in [1.82, 2.24) is 0 Å². The van der Waals surface area contributed by atoms with Gasteiger partial charge in [0.1, 0.15) is 23.1 Å². The molecule has 6 aromatic carbocycles. The number of rotatable bonds is 19. The minimum absolute atomic E-state index is 0.0600. The lowest BCUT2D eigenvalue weighted by Crippen LogP contribution is -2.58. The lowest BCUT2D eigenvalue weighted by atomic mass is 9.84. The van der Waals surface area contributed by atoms with E-state index in [2.05, 4.69) is 9.47 Å². The Morgan fingerprint density at radius 1 is 0.618 bits per heavy atom. The monoisotopic (exact) mass is 1300 g/mol. The smallest absolute Gasteiger partial charge is 0.416 e. The van der Waals surface area contributed by atoms with Crippen molar-refractivity contribution in [2.24, 2.45) is 0 Å². The molecular weight excluding hydrogens is 1250 g/mol. The molecule has 2 fully saturated rings. The summed E-state index contributed by atoms with van der Waals surface area (Å²) < 4.78 is 258. The Kier molecular flexibility index (Phi) is 17.6. The fourth-order valence-corrected chi connectivity index (χ4v) is 15.1. The number of carbonyl (C=O) groups is 2. The van der Waals surface area contributed by atoms with Crippen molar-refractivity contribution in [1.29, 1.82) is 0 Å². The van der Waals surface area contributed by atoms with Crippen molar-refractivity contribution in [2.45, 2.75) is 111 Å². The van der Waals surface area contributed by atoms with Gasteiger partial charge in [-0.2, -0.15) is 43.9 Å². The van der Waals surface area contributed by atoms with Gasteiger partial charge in [0, 0.05) is 18.7 Å². The number of ether oxygens (including phenoxy) is 4. The van der Waals surface area contributed by atoms with Crippen LogP contribution in [0.4, 0.5) is 75.4 Å². The zero-order valence-electron chi connectivity index (χ0n) is 46.3. The fourth-order valence-electron chi connectivity index (χ4n) is 12.1. The highest BCUT2D eigenvalue weighted by molar-refractivity contribution is 7.93. The topological polar surface area (TPSA) is 193 Å². The molecule has 1 unspecified atom stereocenters. The van der Waals surface area contributed by atoms with Crippen molar-refractivity contribution in [3.63, 3.8) is 0 Å². The Balaban J connectivity index is 1.12. The predicted octanol–water partition coefficient (Wildman–Crippen LogP) is 12.7. The second-order valence-electron chi connectivity index (χ2n) is 21.8. The maximum absolute atomic E-state index is 16.2. The summed E-state index contributed by atoms with van der Waals surface area (Å²) in [7, 11) is -10.3. The van der Waals surface area contributed by atoms with Crippen LogP contribution in [-0.4, -0.2) is 109 Å². The number of alkyl halides is 10. The van der Waals surface area contributed by atoms with Gasteiger partial charge >= 0.3 is 37.5 Å². The van der Waals surface area contributed by atoms with Gasteiger partial charge in [0.05, 0.1) is 113 Å². The summed E-state index contributed by atoms with van der Waals surface area (Å²) >= 11 is 0. The molecule has 0 aliphatic carbocycles. The molecule has 2 saturated heterocycles. The Bertz CT molecular complexity index is 3940. The van der Waals surface area contributed by atoms with Crippen LogP contribution in [0.3, 0.4) is 0 Å². The van der Waals surface area contributed by atoms with Crippen LogP contribution >= 0.6 is 0 Å². The second kappa shape index (κ2) is 24.4. The molecule has 16 nitrogen and oxygen atoms in total. The molecule has 0 bridgehead atoms. The van der Waals surface area contributed by atoms with E-state index in [0.29, 0.717) is 41.1 Å². The molecule has 30 heteroatoms. The lowest BCUT2D eigenvalue weighted by Gasteiger charge is -2.52. The number of sulfonamides is 2. The van der Waals surface area contributed by atoms with Crippen LogP contribution in [0.5, 0.6) is 11.5 Å². The van der Waals surface area contributed by atoms with Gasteiger partial charge in [-0.05, 0) is 139 Å². The van der Waals surface area contributed by atoms with Crippen LogP contribution in [0.15, 0.2) is 125 Å². The number of hydrogen-bond acceptors (Lipinski definition) is 12. The van der Waals surface area contributed by atoms with E-state index in [1.807, 2.05) is 4.90 Å². The first kappa shape index (κ1) is 64.0. The van der Waals surface area contributed by atoms with Crippen LogP contribution in [-0.2, 0) is 51.5 Å². The van der Waals surface area contributed by atoms with Gasteiger partial charge in [-0.3, -0.25) is 18.2 Å². The van der Waals surface area contributed by atoms with Gasteiger partial charge in [0.2, 0.25) is 0 Å². The fraction of sp³-hybridized carbons (Fsp3) is 0.356. The molecule has 6 aromatic rings. The van der Waals surface area contributed by atoms with Crippen molar-refractivity contribution in [3.05, 3.63) is 144 Å². The Labute approximate surface area is 500 Å². The first-order valence-corrected chi connectivity index (χ1v) is 30.1. The van der Waals surface area contributed by atoms with Gasteiger partial charge in [-0.1, -0.05) is 24.3 Å². The van der Waals surface area contributed by atoms with Crippen LogP contribution in [0, 0.1) is 11.6 Å². The van der Waals surface area contributed by atoms with Crippen molar-refractivity contribution < 1.29 is 108 Å². The van der Waals surface area contributed by atoms with Crippen LogP contribution in [0.25, 0.3) is 22.3 Å². The maximum Gasteiger partial charge on any atom is 0.416 e. The normalized spacial score (nSPS) is 20.4. The quantitative estimate of drug-likeness (QED) is 0.0728. The summed E-state index contributed by atoms with van der Waals surface area (Å²) in [6.07, 6.45) is -13.0. The number of nitrogens with zero attached hydrogens (tertiary/aromatic N) is 4. The van der Waals surface area contributed by atoms with Gasteiger partial charge in [-0.15, -0.1) is 0 Å². The second-order valence-corrected chi connectivity index (χ2v) is 25.5. The Morgan fingerprint density at radius 2 is 1.17 bits per heavy atom. The Morgan fingerprint density at radius 3 is 1.73 bits per heavy atom. The maximum atomic E-state index is 16.2. The number of benzene rings is 6. The number of piperidine rings is 2. The molecule has 0 saturated carbocycles. The number of carboxylic acids is 2. The minimum atomic E-state index is -5.43. The molecular formula is C59H52F12N4O12S2. The number of anilines is 4. The molecule has 4 heterocycles. The first-order valence-electron chi connectivity index (χ1n) is 27.3. The summed E-state index contributed by atoms with van der Waals surface area (Å²) in [5, 5.41) is 18.8. The first-order chi connectivity index (χ1) is 41.8. The van der Waals surface area contributed by atoms with Crippen molar-refractivity contribution in [3.8, 4) is 33.8 Å². The van der Waals surface area contributed by atoms with Crippen LogP contribution < -0.4 is 27.9 Å². The van der Waals surface area contributed by atoms with E-state index in [1.165, 1.54) is 35.2 Å². The molecule has 4 aliphatic heterocycles. The number of aliphatic carboxylic acids is 2. The highest BCUT2D eigenvalue weighted by Crippen LogP contribution is 2.53. The molecule has 0 aromatic heterocycles. The third-order valence-electron chi connectivity index (χ3n) is 15.9.